The van der Waals surface area contributed by atoms with Crippen molar-refractivity contribution in [3.05, 3.63) is 46.2 Å². The molecule has 6 nitrogen and oxygen atoms in total. The third-order valence-corrected chi connectivity index (χ3v) is 5.53. The van der Waals surface area contributed by atoms with E-state index in [4.69, 9.17) is 16.3 Å². The molecule has 0 saturated carbocycles. The number of benzene rings is 1. The van der Waals surface area contributed by atoms with E-state index in [0.29, 0.717) is 23.9 Å². The van der Waals surface area contributed by atoms with Gasteiger partial charge in [0.25, 0.3) is 5.91 Å². The Balaban J connectivity index is 1.53. The van der Waals surface area contributed by atoms with Crippen LogP contribution in [-0.4, -0.2) is 50.4 Å². The van der Waals surface area contributed by atoms with E-state index in [2.05, 4.69) is 10.3 Å². The van der Waals surface area contributed by atoms with Crippen molar-refractivity contribution in [1.29, 1.82) is 0 Å². The Bertz CT molecular complexity index is 743. The van der Waals surface area contributed by atoms with Gasteiger partial charge in [0.1, 0.15) is 6.10 Å². The second-order valence-electron chi connectivity index (χ2n) is 5.82. The molecule has 0 N–H and O–H groups in total. The Kier molecular flexibility index (Phi) is 4.47. The Hall–Kier alpha value is -1.57. The number of amides is 1. The van der Waals surface area contributed by atoms with Crippen LogP contribution in [0.2, 0.25) is 5.02 Å². The quantitative estimate of drug-likeness (QED) is 0.818. The molecule has 4 rings (SSSR count). The highest BCUT2D eigenvalue weighted by molar-refractivity contribution is 7.99. The fourth-order valence-electron chi connectivity index (χ4n) is 2.97. The lowest BCUT2D eigenvalue weighted by molar-refractivity contribution is -0.00193. The van der Waals surface area contributed by atoms with Crippen LogP contribution in [0, 0.1) is 0 Å². The molecule has 1 saturated heterocycles. The van der Waals surface area contributed by atoms with Gasteiger partial charge < -0.3 is 9.64 Å². The average Bonchev–Trinajstić information content (AvgIpc) is 3.05. The highest BCUT2D eigenvalue weighted by atomic mass is 35.5. The molecule has 0 aliphatic carbocycles. The fraction of sp³-hybridized carbons (Fsp3) is 0.438. The molecule has 126 valence electrons. The van der Waals surface area contributed by atoms with Gasteiger partial charge in [0.05, 0.1) is 18.8 Å². The van der Waals surface area contributed by atoms with Crippen molar-refractivity contribution < 1.29 is 9.53 Å². The van der Waals surface area contributed by atoms with Gasteiger partial charge in [-0.05, 0) is 17.7 Å². The molecule has 2 aliphatic heterocycles. The van der Waals surface area contributed by atoms with E-state index in [1.54, 1.807) is 4.68 Å². The SMILES string of the molecule is O=C(c1nnn2c1CO[C@@H](c1ccc(Cl)cc1)C2)N1CCSCC1. The molecule has 1 amide bonds. The topological polar surface area (TPSA) is 60.3 Å². The number of aromatic nitrogens is 3. The molecule has 0 bridgehead atoms. The minimum Gasteiger partial charge on any atom is -0.365 e. The minimum absolute atomic E-state index is 0.0370. The lowest BCUT2D eigenvalue weighted by Gasteiger charge is -2.27. The number of nitrogens with zero attached hydrogens (tertiary/aromatic N) is 4. The summed E-state index contributed by atoms with van der Waals surface area (Å²) >= 11 is 7.80. The van der Waals surface area contributed by atoms with Gasteiger partial charge in [-0.25, -0.2) is 4.68 Å². The molecule has 1 aromatic heterocycles. The van der Waals surface area contributed by atoms with E-state index in [0.717, 1.165) is 35.9 Å². The molecule has 0 unspecified atom stereocenters. The van der Waals surface area contributed by atoms with Crippen LogP contribution in [0.15, 0.2) is 24.3 Å². The summed E-state index contributed by atoms with van der Waals surface area (Å²) in [6, 6.07) is 7.60. The fourth-order valence-corrected chi connectivity index (χ4v) is 4.00. The van der Waals surface area contributed by atoms with Gasteiger partial charge in [0.2, 0.25) is 0 Å². The maximum absolute atomic E-state index is 12.7. The zero-order valence-corrected chi connectivity index (χ0v) is 14.6. The number of ether oxygens (including phenoxy) is 1. The Morgan fingerprint density at radius 2 is 2.00 bits per heavy atom. The number of rotatable bonds is 2. The third kappa shape index (κ3) is 3.03. The summed E-state index contributed by atoms with van der Waals surface area (Å²) in [5.74, 6) is 1.92. The zero-order valence-electron chi connectivity index (χ0n) is 13.0. The summed E-state index contributed by atoms with van der Waals surface area (Å²) in [6.07, 6.45) is -0.106. The lowest BCUT2D eigenvalue weighted by Crippen LogP contribution is -2.38. The molecule has 1 atom stereocenters. The van der Waals surface area contributed by atoms with Gasteiger partial charge in [-0.15, -0.1) is 5.10 Å². The van der Waals surface area contributed by atoms with Crippen LogP contribution >= 0.6 is 23.4 Å². The highest BCUT2D eigenvalue weighted by Crippen LogP contribution is 2.28. The maximum atomic E-state index is 12.7. The van der Waals surface area contributed by atoms with Crippen molar-refractivity contribution in [3.8, 4) is 0 Å². The van der Waals surface area contributed by atoms with Crippen molar-refractivity contribution >= 4 is 29.3 Å². The predicted molar refractivity (Wildman–Crippen MR) is 92.2 cm³/mol. The Morgan fingerprint density at radius 3 is 2.75 bits per heavy atom. The van der Waals surface area contributed by atoms with Gasteiger partial charge in [-0.2, -0.15) is 11.8 Å². The second-order valence-corrected chi connectivity index (χ2v) is 7.48. The largest absolute Gasteiger partial charge is 0.365 e. The first kappa shape index (κ1) is 15.9. The molecular weight excluding hydrogens is 348 g/mol. The first-order chi connectivity index (χ1) is 11.7. The molecule has 1 fully saturated rings. The molecule has 8 heteroatoms. The van der Waals surface area contributed by atoms with Crippen LogP contribution in [0.25, 0.3) is 0 Å². The van der Waals surface area contributed by atoms with Crippen molar-refractivity contribution in [2.24, 2.45) is 0 Å². The van der Waals surface area contributed by atoms with Crippen LogP contribution in [-0.2, 0) is 17.9 Å². The molecule has 0 radical (unpaired) electrons. The standard InChI is InChI=1S/C16H17ClN4O2S/c17-12-3-1-11(2-4-12)14-9-21-13(10-23-14)15(18-19-21)16(22)20-5-7-24-8-6-20/h1-4,14H,5-10H2/t14-/m1/s1. The summed E-state index contributed by atoms with van der Waals surface area (Å²) in [4.78, 5) is 14.5. The maximum Gasteiger partial charge on any atom is 0.276 e. The van der Waals surface area contributed by atoms with E-state index < -0.39 is 0 Å². The van der Waals surface area contributed by atoms with Crippen LogP contribution in [0.5, 0.6) is 0 Å². The first-order valence-corrected chi connectivity index (χ1v) is 9.42. The molecule has 1 aromatic carbocycles. The van der Waals surface area contributed by atoms with E-state index in [9.17, 15) is 4.79 Å². The number of halogens is 1. The number of hydrogen-bond acceptors (Lipinski definition) is 5. The molecule has 2 aromatic rings. The third-order valence-electron chi connectivity index (χ3n) is 4.34. The summed E-state index contributed by atoms with van der Waals surface area (Å²) in [6.45, 7) is 2.42. The minimum atomic E-state index is -0.106. The molecule has 2 aliphatic rings. The second kappa shape index (κ2) is 6.74. The van der Waals surface area contributed by atoms with E-state index in [1.165, 1.54) is 0 Å². The Labute approximate surface area is 149 Å². The number of fused-ring (bicyclic) bond motifs is 1. The van der Waals surface area contributed by atoms with Crippen LogP contribution in [0.3, 0.4) is 0 Å². The van der Waals surface area contributed by atoms with Gasteiger partial charge in [0, 0.05) is 29.6 Å². The van der Waals surface area contributed by atoms with Crippen molar-refractivity contribution in [2.75, 3.05) is 24.6 Å². The van der Waals surface area contributed by atoms with Crippen molar-refractivity contribution in [2.45, 2.75) is 19.3 Å². The van der Waals surface area contributed by atoms with E-state index in [-0.39, 0.29) is 12.0 Å². The van der Waals surface area contributed by atoms with E-state index >= 15 is 0 Å². The summed E-state index contributed by atoms with van der Waals surface area (Å²) in [5, 5.41) is 9.00. The van der Waals surface area contributed by atoms with Gasteiger partial charge in [-0.1, -0.05) is 28.9 Å². The number of carbonyl (C=O) groups excluding carboxylic acids is 1. The van der Waals surface area contributed by atoms with E-state index in [1.807, 2.05) is 40.9 Å². The van der Waals surface area contributed by atoms with Crippen LogP contribution in [0.4, 0.5) is 0 Å². The normalized spacial score (nSPS) is 20.7. The zero-order chi connectivity index (χ0) is 16.5. The molecule has 24 heavy (non-hydrogen) atoms. The lowest BCUT2D eigenvalue weighted by atomic mass is 10.1. The number of carbonyl (C=O) groups is 1. The molecular formula is C16H17ClN4O2S. The van der Waals surface area contributed by atoms with Crippen molar-refractivity contribution in [3.63, 3.8) is 0 Å². The highest BCUT2D eigenvalue weighted by Gasteiger charge is 2.30. The van der Waals surface area contributed by atoms with Gasteiger partial charge in [-0.3, -0.25) is 4.79 Å². The van der Waals surface area contributed by atoms with Gasteiger partial charge >= 0.3 is 0 Å². The Morgan fingerprint density at radius 1 is 1.25 bits per heavy atom. The molecule has 3 heterocycles. The number of hydrogen-bond donors (Lipinski definition) is 0. The summed E-state index contributed by atoms with van der Waals surface area (Å²) in [7, 11) is 0. The van der Waals surface area contributed by atoms with Crippen molar-refractivity contribution in [1.82, 2.24) is 19.9 Å². The first-order valence-electron chi connectivity index (χ1n) is 7.89. The van der Waals surface area contributed by atoms with Gasteiger partial charge in [0.15, 0.2) is 5.69 Å². The summed E-state index contributed by atoms with van der Waals surface area (Å²) < 4.78 is 7.73. The smallest absolute Gasteiger partial charge is 0.276 e. The summed E-state index contributed by atoms with van der Waals surface area (Å²) in [5.41, 5.74) is 2.24. The average molecular weight is 365 g/mol. The predicted octanol–water partition coefficient (Wildman–Crippen LogP) is 2.39. The van der Waals surface area contributed by atoms with Crippen LogP contribution < -0.4 is 0 Å². The monoisotopic (exact) mass is 364 g/mol. The van der Waals surface area contributed by atoms with Crippen LogP contribution in [0.1, 0.15) is 27.8 Å². The number of thioether (sulfide) groups is 1. The molecule has 0 spiro atoms.